The van der Waals surface area contributed by atoms with E-state index in [-0.39, 0.29) is 41.0 Å². The van der Waals surface area contributed by atoms with Crippen LogP contribution in [0, 0.1) is 11.3 Å². The first-order valence-corrected chi connectivity index (χ1v) is 7.85. The highest BCUT2D eigenvalue weighted by Crippen LogP contribution is 2.38. The molecule has 1 fully saturated rings. The van der Waals surface area contributed by atoms with Crippen molar-refractivity contribution >= 4 is 33.0 Å². The maximum Gasteiger partial charge on any atom is 0.199 e. The Morgan fingerprint density at radius 2 is 1.89 bits per heavy atom. The Balaban J connectivity index is 2.58. The molecule has 19 heavy (non-hydrogen) atoms. The van der Waals surface area contributed by atoms with E-state index in [2.05, 4.69) is 0 Å². The number of hydrogen-bond donors (Lipinski definition) is 0. The van der Waals surface area contributed by atoms with E-state index in [0.29, 0.717) is 0 Å². The highest BCUT2D eigenvalue weighted by atomic mass is 35.5. The lowest BCUT2D eigenvalue weighted by Crippen LogP contribution is -2.42. The van der Waals surface area contributed by atoms with Crippen LogP contribution in [0.15, 0.2) is 23.1 Å². The maximum atomic E-state index is 12.7. The molecule has 1 aliphatic heterocycles. The topological polar surface area (TPSA) is 67.2 Å². The van der Waals surface area contributed by atoms with Gasteiger partial charge in [0.05, 0.1) is 16.0 Å². The minimum absolute atomic E-state index is 0.0746. The van der Waals surface area contributed by atoms with Crippen molar-refractivity contribution in [3.63, 3.8) is 0 Å². The molecule has 1 aliphatic rings. The van der Waals surface area contributed by atoms with Crippen LogP contribution < -0.4 is 0 Å². The summed E-state index contributed by atoms with van der Waals surface area (Å²) < 4.78 is 29.0. The predicted molar refractivity (Wildman–Crippen MR) is 72.0 cm³/mol. The number of rotatable bonds is 2. The van der Waals surface area contributed by atoms with E-state index in [1.807, 2.05) is 6.07 Å². The first-order valence-electron chi connectivity index (χ1n) is 5.62. The highest BCUT2D eigenvalue weighted by Gasteiger charge is 2.47. The Morgan fingerprint density at radius 1 is 1.26 bits per heavy atom. The second kappa shape index (κ2) is 5.29. The number of halogens is 2. The van der Waals surface area contributed by atoms with Gasteiger partial charge in [-0.25, -0.2) is 8.42 Å². The minimum Gasteiger partial charge on any atom is -0.381 e. The van der Waals surface area contributed by atoms with Gasteiger partial charge >= 0.3 is 0 Å². The van der Waals surface area contributed by atoms with E-state index in [4.69, 9.17) is 27.9 Å². The molecule has 1 aromatic rings. The molecule has 0 bridgehead atoms. The number of sulfone groups is 1. The van der Waals surface area contributed by atoms with Gasteiger partial charge in [-0.15, -0.1) is 0 Å². The van der Waals surface area contributed by atoms with Crippen molar-refractivity contribution in [3.8, 4) is 6.07 Å². The van der Waals surface area contributed by atoms with Crippen molar-refractivity contribution in [3.05, 3.63) is 28.2 Å². The van der Waals surface area contributed by atoms with Gasteiger partial charge in [0.25, 0.3) is 0 Å². The second-order valence-corrected chi connectivity index (χ2v) is 7.37. The molecule has 0 aromatic heterocycles. The van der Waals surface area contributed by atoms with Gasteiger partial charge in [-0.1, -0.05) is 23.2 Å². The number of hydrogen-bond acceptors (Lipinski definition) is 4. The van der Waals surface area contributed by atoms with E-state index in [1.165, 1.54) is 18.2 Å². The average Bonchev–Trinajstić information content (AvgIpc) is 2.42. The molecule has 1 heterocycles. The highest BCUT2D eigenvalue weighted by molar-refractivity contribution is 7.93. The number of benzene rings is 1. The van der Waals surface area contributed by atoms with Crippen molar-refractivity contribution < 1.29 is 13.2 Å². The summed E-state index contributed by atoms with van der Waals surface area (Å²) in [6.45, 7) is 0.482. The fourth-order valence-corrected chi connectivity index (χ4v) is 4.55. The molecule has 0 aliphatic carbocycles. The zero-order valence-electron chi connectivity index (χ0n) is 9.90. The van der Waals surface area contributed by atoms with E-state index >= 15 is 0 Å². The molecule has 1 aromatic carbocycles. The predicted octanol–water partition coefficient (Wildman–Crippen LogP) is 2.84. The van der Waals surface area contributed by atoms with E-state index in [9.17, 15) is 13.7 Å². The molecule has 0 radical (unpaired) electrons. The SMILES string of the molecule is N#CC1(S(=O)(=O)c2cc(Cl)ccc2Cl)CCOCC1. The van der Waals surface area contributed by atoms with Crippen LogP contribution in [-0.2, 0) is 14.6 Å². The summed E-state index contributed by atoms with van der Waals surface area (Å²) in [7, 11) is -3.88. The third-order valence-corrected chi connectivity index (χ3v) is 6.32. The van der Waals surface area contributed by atoms with Gasteiger partial charge in [0, 0.05) is 31.1 Å². The average molecular weight is 320 g/mol. The lowest BCUT2D eigenvalue weighted by molar-refractivity contribution is 0.0863. The molecule has 0 N–H and O–H groups in total. The quantitative estimate of drug-likeness (QED) is 0.840. The molecule has 0 amide bonds. The standard InChI is InChI=1S/C12H11Cl2NO3S/c13-9-1-2-10(14)11(7-9)19(16,17)12(8-15)3-5-18-6-4-12/h1-2,7H,3-6H2. The van der Waals surface area contributed by atoms with Gasteiger partial charge in [-0.3, -0.25) is 0 Å². The molecule has 2 rings (SSSR count). The van der Waals surface area contributed by atoms with Crippen LogP contribution in [0.2, 0.25) is 10.0 Å². The molecular formula is C12H11Cl2NO3S. The van der Waals surface area contributed by atoms with Crippen molar-refractivity contribution in [2.75, 3.05) is 13.2 Å². The van der Waals surface area contributed by atoms with Crippen LogP contribution in [0.25, 0.3) is 0 Å². The van der Waals surface area contributed by atoms with Gasteiger partial charge in [0.2, 0.25) is 0 Å². The normalized spacial score (nSPS) is 18.8. The van der Waals surface area contributed by atoms with Gasteiger partial charge in [0.15, 0.2) is 14.6 Å². The minimum atomic E-state index is -3.88. The van der Waals surface area contributed by atoms with Crippen molar-refractivity contribution in [2.24, 2.45) is 0 Å². The first kappa shape index (κ1) is 14.6. The second-order valence-electron chi connectivity index (χ2n) is 4.30. The largest absolute Gasteiger partial charge is 0.381 e. The number of ether oxygens (including phenoxy) is 1. The molecule has 0 saturated carbocycles. The van der Waals surface area contributed by atoms with Gasteiger partial charge in [0.1, 0.15) is 0 Å². The Labute approximate surface area is 121 Å². The monoisotopic (exact) mass is 319 g/mol. The van der Waals surface area contributed by atoms with Gasteiger partial charge < -0.3 is 4.74 Å². The summed E-state index contributed by atoms with van der Waals surface area (Å²) in [5.74, 6) is 0. The summed E-state index contributed by atoms with van der Waals surface area (Å²) in [6.07, 6.45) is 0.267. The fourth-order valence-electron chi connectivity index (χ4n) is 2.04. The zero-order chi connectivity index (χ0) is 14.1. The number of nitrogens with zero attached hydrogens (tertiary/aromatic N) is 1. The van der Waals surface area contributed by atoms with Gasteiger partial charge in [-0.05, 0) is 18.2 Å². The van der Waals surface area contributed by atoms with Crippen LogP contribution >= 0.6 is 23.2 Å². The fraction of sp³-hybridized carbons (Fsp3) is 0.417. The first-order chi connectivity index (χ1) is 8.93. The molecule has 102 valence electrons. The molecule has 0 atom stereocenters. The lowest BCUT2D eigenvalue weighted by Gasteiger charge is -2.30. The Hall–Kier alpha value is -0.800. The molecule has 4 nitrogen and oxygen atoms in total. The smallest absolute Gasteiger partial charge is 0.199 e. The maximum absolute atomic E-state index is 12.7. The molecule has 7 heteroatoms. The van der Waals surface area contributed by atoms with E-state index in [0.717, 1.165) is 0 Å². The van der Waals surface area contributed by atoms with Crippen molar-refractivity contribution in [2.45, 2.75) is 22.5 Å². The van der Waals surface area contributed by atoms with Crippen LogP contribution in [-0.4, -0.2) is 26.4 Å². The van der Waals surface area contributed by atoms with Gasteiger partial charge in [-0.2, -0.15) is 5.26 Å². The molecule has 1 saturated heterocycles. The van der Waals surface area contributed by atoms with E-state index in [1.54, 1.807) is 0 Å². The Morgan fingerprint density at radius 3 is 2.47 bits per heavy atom. The van der Waals surface area contributed by atoms with Crippen molar-refractivity contribution in [1.82, 2.24) is 0 Å². The van der Waals surface area contributed by atoms with E-state index < -0.39 is 14.6 Å². The zero-order valence-corrected chi connectivity index (χ0v) is 12.2. The Bertz CT molecular complexity index is 631. The van der Waals surface area contributed by atoms with Crippen LogP contribution in [0.4, 0.5) is 0 Å². The Kier molecular flexibility index (Phi) is 4.07. The summed E-state index contributed by atoms with van der Waals surface area (Å²) in [5.41, 5.74) is 0. The summed E-state index contributed by atoms with van der Waals surface area (Å²) in [6, 6.07) is 6.14. The molecular weight excluding hydrogens is 309 g/mol. The third-order valence-electron chi connectivity index (χ3n) is 3.20. The molecule has 0 spiro atoms. The summed E-state index contributed by atoms with van der Waals surface area (Å²) in [4.78, 5) is -0.0925. The van der Waals surface area contributed by atoms with Crippen LogP contribution in [0.3, 0.4) is 0 Å². The summed E-state index contributed by atoms with van der Waals surface area (Å²) >= 11 is 11.8. The molecule has 0 unspecified atom stereocenters. The number of nitriles is 1. The van der Waals surface area contributed by atoms with Crippen LogP contribution in [0.1, 0.15) is 12.8 Å². The van der Waals surface area contributed by atoms with Crippen molar-refractivity contribution in [1.29, 1.82) is 5.26 Å². The summed E-state index contributed by atoms with van der Waals surface area (Å²) in [5, 5.41) is 9.68. The third kappa shape index (κ3) is 2.46. The lowest BCUT2D eigenvalue weighted by atomic mass is 10.0. The van der Waals surface area contributed by atoms with Crippen LogP contribution in [0.5, 0.6) is 0 Å².